The zero-order valence-electron chi connectivity index (χ0n) is 33.7. The summed E-state index contributed by atoms with van der Waals surface area (Å²) in [6, 6.07) is 34.8. The lowest BCUT2D eigenvalue weighted by atomic mass is 9.89. The van der Waals surface area contributed by atoms with E-state index in [1.807, 2.05) is 30.3 Å². The van der Waals surface area contributed by atoms with Crippen LogP contribution in [0.3, 0.4) is 0 Å². The van der Waals surface area contributed by atoms with E-state index < -0.39 is 24.1 Å². The Morgan fingerprint density at radius 2 is 1.45 bits per heavy atom. The van der Waals surface area contributed by atoms with E-state index in [4.69, 9.17) is 19.7 Å². The Kier molecular flexibility index (Phi) is 14.6. The Bertz CT molecular complexity index is 2510. The first kappa shape index (κ1) is 43.0. The van der Waals surface area contributed by atoms with Crippen LogP contribution >= 0.6 is 0 Å². The molecule has 0 spiro atoms. The number of aliphatic carboxylic acids is 2. The fourth-order valence-corrected chi connectivity index (χ4v) is 7.35. The molecule has 5 N–H and O–H groups in total. The molecule has 6 aromatic rings. The standard InChI is InChI=1S/C49H49N3O8/c1-31-40(30-59-43-17-16-36(6-3-8-41(53)21-48(55)56)47(23-43)60-29-35-18-34(24-50)26-51-27-35)7-4-10-45(31)46-11-5-9-44(32(46)2)39-15-14-37-19-33(12-13-38(37)20-39)25-52-28-42(54)22-49(57)58/h4-5,7,9-20,23,26-27,41-42,52-54H,3,6,8,21-22,25,28-30H2,1-2H3,(H,55,56)(H,57,58)/t41-,42+/m1/s1. The number of aliphatic hydroxyl groups excluding tert-OH is 2. The summed E-state index contributed by atoms with van der Waals surface area (Å²) in [5.74, 6) is -0.855. The molecule has 1 heterocycles. The molecule has 11 nitrogen and oxygen atoms in total. The fourth-order valence-electron chi connectivity index (χ4n) is 7.35. The van der Waals surface area contributed by atoms with Crippen LogP contribution in [0.25, 0.3) is 33.0 Å². The van der Waals surface area contributed by atoms with Crippen molar-refractivity contribution in [1.82, 2.24) is 10.3 Å². The van der Waals surface area contributed by atoms with E-state index in [1.54, 1.807) is 12.3 Å². The summed E-state index contributed by atoms with van der Waals surface area (Å²) in [5, 5.41) is 52.5. The van der Waals surface area contributed by atoms with E-state index >= 15 is 0 Å². The maximum absolute atomic E-state index is 11.0. The number of hydrogen-bond acceptors (Lipinski definition) is 9. The van der Waals surface area contributed by atoms with Gasteiger partial charge in [0.15, 0.2) is 0 Å². The van der Waals surface area contributed by atoms with Gasteiger partial charge in [0.2, 0.25) is 0 Å². The summed E-state index contributed by atoms with van der Waals surface area (Å²) in [6.07, 6.45) is 2.15. The van der Waals surface area contributed by atoms with Gasteiger partial charge in [-0.3, -0.25) is 14.6 Å². The predicted octanol–water partition coefficient (Wildman–Crippen LogP) is 8.30. The Balaban J connectivity index is 1.16. The number of hydrogen-bond donors (Lipinski definition) is 5. The molecule has 0 fully saturated rings. The second-order valence-electron chi connectivity index (χ2n) is 15.0. The highest BCUT2D eigenvalue weighted by Gasteiger charge is 2.16. The van der Waals surface area contributed by atoms with Gasteiger partial charge in [0, 0.05) is 37.1 Å². The highest BCUT2D eigenvalue weighted by molar-refractivity contribution is 5.89. The number of ether oxygens (including phenoxy) is 2. The number of carbonyl (C=O) groups is 2. The molecule has 0 aliphatic heterocycles. The van der Waals surface area contributed by atoms with Crippen LogP contribution in [0.2, 0.25) is 0 Å². The van der Waals surface area contributed by atoms with E-state index in [0.717, 1.165) is 66.4 Å². The molecular formula is C49H49N3O8. The Morgan fingerprint density at radius 1 is 0.733 bits per heavy atom. The average Bonchev–Trinajstić information content (AvgIpc) is 3.22. The molecule has 1 aromatic heterocycles. The number of carboxylic acids is 2. The van der Waals surface area contributed by atoms with E-state index in [-0.39, 0.29) is 26.0 Å². The number of nitriles is 1. The topological polar surface area (TPSA) is 182 Å². The van der Waals surface area contributed by atoms with Gasteiger partial charge in [-0.15, -0.1) is 0 Å². The third kappa shape index (κ3) is 11.5. The van der Waals surface area contributed by atoms with Gasteiger partial charge in [0.1, 0.15) is 30.8 Å². The van der Waals surface area contributed by atoms with E-state index in [2.05, 4.69) is 90.9 Å². The Hall–Kier alpha value is -6.58. The Morgan fingerprint density at radius 3 is 2.23 bits per heavy atom. The highest BCUT2D eigenvalue weighted by Crippen LogP contribution is 2.36. The summed E-state index contributed by atoms with van der Waals surface area (Å²) in [4.78, 5) is 26.0. The van der Waals surface area contributed by atoms with Crippen LogP contribution in [0.15, 0.2) is 109 Å². The smallest absolute Gasteiger partial charge is 0.306 e. The molecule has 0 unspecified atom stereocenters. The van der Waals surface area contributed by atoms with E-state index in [1.165, 1.54) is 6.20 Å². The lowest BCUT2D eigenvalue weighted by Gasteiger charge is -2.18. The molecule has 0 aliphatic rings. The minimum atomic E-state index is -1.04. The maximum atomic E-state index is 11.0. The molecule has 0 aliphatic carbocycles. The van der Waals surface area contributed by atoms with Crippen molar-refractivity contribution < 1.29 is 39.5 Å². The average molecular weight is 808 g/mol. The first-order valence-corrected chi connectivity index (χ1v) is 19.9. The van der Waals surface area contributed by atoms with Crippen LogP contribution in [-0.2, 0) is 35.8 Å². The molecule has 6 rings (SSSR count). The van der Waals surface area contributed by atoms with Crippen LogP contribution in [0.5, 0.6) is 11.5 Å². The van der Waals surface area contributed by atoms with Gasteiger partial charge in [0.05, 0.1) is 30.6 Å². The van der Waals surface area contributed by atoms with Crippen molar-refractivity contribution in [3.63, 3.8) is 0 Å². The summed E-state index contributed by atoms with van der Waals surface area (Å²) >= 11 is 0. The monoisotopic (exact) mass is 807 g/mol. The molecule has 0 radical (unpaired) electrons. The van der Waals surface area contributed by atoms with E-state index in [9.17, 15) is 25.1 Å². The molecule has 0 bridgehead atoms. The largest absolute Gasteiger partial charge is 0.489 e. The highest BCUT2D eigenvalue weighted by atomic mass is 16.5. The molecule has 0 saturated carbocycles. The van der Waals surface area contributed by atoms with Gasteiger partial charge in [-0.05, 0) is 118 Å². The molecule has 11 heteroatoms. The predicted molar refractivity (Wildman–Crippen MR) is 230 cm³/mol. The van der Waals surface area contributed by atoms with Crippen molar-refractivity contribution in [2.45, 2.75) is 77.9 Å². The number of nitrogens with one attached hydrogen (secondary N) is 1. The van der Waals surface area contributed by atoms with Crippen LogP contribution in [0.1, 0.15) is 64.6 Å². The van der Waals surface area contributed by atoms with Gasteiger partial charge < -0.3 is 35.2 Å². The lowest BCUT2D eigenvalue weighted by molar-refractivity contribution is -0.140. The fraction of sp³-hybridized carbons (Fsp3) is 0.265. The third-order valence-electron chi connectivity index (χ3n) is 10.5. The summed E-state index contributed by atoms with van der Waals surface area (Å²) in [5.41, 5.74) is 10.9. The first-order chi connectivity index (χ1) is 29.0. The SMILES string of the molecule is Cc1c(COc2ccc(CCC[C@@H](O)CC(=O)O)c(OCc3cncc(C#N)c3)c2)cccc1-c1cccc(-c2ccc3cc(CNC[C@@H](O)CC(=O)O)ccc3c2)c1C. The van der Waals surface area contributed by atoms with Gasteiger partial charge in [-0.25, -0.2) is 0 Å². The van der Waals surface area contributed by atoms with Gasteiger partial charge >= 0.3 is 11.9 Å². The molecule has 60 heavy (non-hydrogen) atoms. The maximum Gasteiger partial charge on any atom is 0.306 e. The molecular weight excluding hydrogens is 759 g/mol. The summed E-state index contributed by atoms with van der Waals surface area (Å²) in [7, 11) is 0. The minimum Gasteiger partial charge on any atom is -0.489 e. The van der Waals surface area contributed by atoms with E-state index in [0.29, 0.717) is 49.5 Å². The molecule has 5 aromatic carbocycles. The number of carboxylic acid groups (broad SMARTS) is 2. The summed E-state index contributed by atoms with van der Waals surface area (Å²) in [6.45, 7) is 5.47. The van der Waals surface area contributed by atoms with Crippen molar-refractivity contribution >= 4 is 22.7 Å². The quantitative estimate of drug-likeness (QED) is 0.0500. The number of fused-ring (bicyclic) bond motifs is 1. The number of rotatable bonds is 20. The van der Waals surface area contributed by atoms with Crippen molar-refractivity contribution in [1.29, 1.82) is 5.26 Å². The minimum absolute atomic E-state index is 0.184. The van der Waals surface area contributed by atoms with Crippen LogP contribution in [0.4, 0.5) is 0 Å². The molecule has 2 atom stereocenters. The normalized spacial score (nSPS) is 12.1. The third-order valence-corrected chi connectivity index (χ3v) is 10.5. The number of aliphatic hydroxyl groups is 2. The van der Waals surface area contributed by atoms with Crippen molar-refractivity contribution in [3.8, 4) is 39.8 Å². The lowest BCUT2D eigenvalue weighted by Crippen LogP contribution is -2.28. The number of aromatic nitrogens is 1. The molecule has 0 saturated heterocycles. The van der Waals surface area contributed by atoms with Crippen LogP contribution in [0, 0.1) is 25.2 Å². The van der Waals surface area contributed by atoms with Gasteiger partial charge in [0.25, 0.3) is 0 Å². The zero-order valence-corrected chi connectivity index (χ0v) is 33.7. The molecule has 308 valence electrons. The first-order valence-electron chi connectivity index (χ1n) is 19.9. The van der Waals surface area contributed by atoms with Gasteiger partial charge in [-0.2, -0.15) is 5.26 Å². The number of nitrogens with zero attached hydrogens (tertiary/aromatic N) is 2. The van der Waals surface area contributed by atoms with Crippen molar-refractivity contribution in [2.24, 2.45) is 0 Å². The van der Waals surface area contributed by atoms with Crippen molar-refractivity contribution in [2.75, 3.05) is 6.54 Å². The number of benzene rings is 5. The van der Waals surface area contributed by atoms with Crippen molar-refractivity contribution in [3.05, 3.63) is 148 Å². The number of pyridine rings is 1. The Labute approximate surface area is 349 Å². The van der Waals surface area contributed by atoms with Crippen LogP contribution < -0.4 is 14.8 Å². The molecule has 0 amide bonds. The van der Waals surface area contributed by atoms with Gasteiger partial charge in [-0.1, -0.05) is 66.7 Å². The number of aryl methyl sites for hydroxylation is 1. The second kappa shape index (κ2) is 20.4. The van der Waals surface area contributed by atoms with Crippen LogP contribution in [-0.4, -0.2) is 56.1 Å². The second-order valence-corrected chi connectivity index (χ2v) is 15.0. The zero-order chi connectivity index (χ0) is 42.6. The summed E-state index contributed by atoms with van der Waals surface area (Å²) < 4.78 is 12.6.